The van der Waals surface area contributed by atoms with Crippen LogP contribution in [-0.2, 0) is 9.53 Å². The van der Waals surface area contributed by atoms with Crippen molar-refractivity contribution < 1.29 is 14.3 Å². The fourth-order valence-corrected chi connectivity index (χ4v) is 5.17. The maximum atomic E-state index is 13.5. The number of nitrogens with zero attached hydrogens (tertiary/aromatic N) is 6. The summed E-state index contributed by atoms with van der Waals surface area (Å²) in [7, 11) is 0. The van der Waals surface area contributed by atoms with Gasteiger partial charge in [0.1, 0.15) is 5.56 Å². The normalized spacial score (nSPS) is 14.2. The fraction of sp³-hybridized carbons (Fsp3) is 0.414. The van der Waals surface area contributed by atoms with Crippen molar-refractivity contribution in [3.63, 3.8) is 0 Å². The van der Waals surface area contributed by atoms with Crippen molar-refractivity contribution in [3.05, 3.63) is 60.6 Å². The van der Waals surface area contributed by atoms with Crippen LogP contribution in [0.4, 0.5) is 5.82 Å². The highest BCUT2D eigenvalue weighted by Crippen LogP contribution is 2.30. The minimum Gasteiger partial charge on any atom is -0.462 e. The summed E-state index contributed by atoms with van der Waals surface area (Å²) in [5.74, 6) is 0.236. The molecule has 1 aromatic carbocycles. The van der Waals surface area contributed by atoms with Crippen LogP contribution in [0.1, 0.15) is 69.7 Å². The number of aromatic nitrogens is 5. The number of benzene rings is 1. The Labute approximate surface area is 222 Å². The van der Waals surface area contributed by atoms with Crippen molar-refractivity contribution in [1.29, 1.82) is 0 Å². The monoisotopic (exact) mass is 514 g/mol. The maximum Gasteiger partial charge on any atom is 0.343 e. The topological polar surface area (TPSA) is 94.6 Å². The second-order valence-corrected chi connectivity index (χ2v) is 10.1. The van der Waals surface area contributed by atoms with E-state index in [1.165, 1.54) is 19.3 Å². The average Bonchev–Trinajstić information content (AvgIpc) is 3.54. The summed E-state index contributed by atoms with van der Waals surface area (Å²) in [5.41, 5.74) is 3.56. The van der Waals surface area contributed by atoms with E-state index in [0.717, 1.165) is 35.4 Å². The molecule has 5 rings (SSSR count). The van der Waals surface area contributed by atoms with Gasteiger partial charge in [0.2, 0.25) is 5.91 Å². The van der Waals surface area contributed by atoms with Crippen LogP contribution in [0, 0.1) is 5.92 Å². The van der Waals surface area contributed by atoms with Gasteiger partial charge in [0.05, 0.1) is 18.0 Å². The molecule has 38 heavy (non-hydrogen) atoms. The Morgan fingerprint density at radius 3 is 2.55 bits per heavy atom. The highest BCUT2D eigenvalue weighted by atomic mass is 16.5. The number of anilines is 1. The van der Waals surface area contributed by atoms with Crippen LogP contribution in [0.3, 0.4) is 0 Å². The van der Waals surface area contributed by atoms with Crippen LogP contribution in [0.25, 0.3) is 22.6 Å². The van der Waals surface area contributed by atoms with Crippen molar-refractivity contribution in [3.8, 4) is 16.9 Å². The molecule has 0 unspecified atom stereocenters. The van der Waals surface area contributed by atoms with Gasteiger partial charge in [-0.15, -0.1) is 5.10 Å². The van der Waals surface area contributed by atoms with Gasteiger partial charge in [0.25, 0.3) is 0 Å². The molecule has 3 heterocycles. The molecule has 0 N–H and O–H groups in total. The second-order valence-electron chi connectivity index (χ2n) is 10.1. The molecule has 198 valence electrons. The molecule has 0 spiro atoms. The Morgan fingerprint density at radius 1 is 1.11 bits per heavy atom. The fourth-order valence-electron chi connectivity index (χ4n) is 5.17. The number of ether oxygens (including phenoxy) is 1. The summed E-state index contributed by atoms with van der Waals surface area (Å²) in [5, 5.41) is 9.33. The molecule has 3 aromatic heterocycles. The highest BCUT2D eigenvalue weighted by molar-refractivity contribution is 6.01. The van der Waals surface area contributed by atoms with Crippen LogP contribution in [-0.4, -0.2) is 48.9 Å². The average molecular weight is 515 g/mol. The van der Waals surface area contributed by atoms with E-state index in [2.05, 4.69) is 10.1 Å². The van der Waals surface area contributed by atoms with Gasteiger partial charge >= 0.3 is 5.97 Å². The summed E-state index contributed by atoms with van der Waals surface area (Å²) in [4.78, 5) is 32.5. The van der Waals surface area contributed by atoms with Gasteiger partial charge in [-0.05, 0) is 57.7 Å². The third kappa shape index (κ3) is 5.32. The Bertz CT molecular complexity index is 1380. The van der Waals surface area contributed by atoms with Gasteiger partial charge in [-0.1, -0.05) is 31.4 Å². The third-order valence-corrected chi connectivity index (χ3v) is 7.06. The molecule has 0 aliphatic heterocycles. The van der Waals surface area contributed by atoms with Crippen molar-refractivity contribution >= 4 is 23.3 Å². The molecule has 0 radical (unpaired) electrons. The van der Waals surface area contributed by atoms with Crippen molar-refractivity contribution in [2.75, 3.05) is 11.5 Å². The molecule has 4 aromatic rings. The van der Waals surface area contributed by atoms with Gasteiger partial charge in [0.15, 0.2) is 11.5 Å². The predicted molar refractivity (Wildman–Crippen MR) is 145 cm³/mol. The molecular weight excluding hydrogens is 480 g/mol. The molecule has 9 nitrogen and oxygen atoms in total. The number of amides is 1. The number of fused-ring (bicyclic) bond motifs is 1. The summed E-state index contributed by atoms with van der Waals surface area (Å²) >= 11 is 0. The number of carbonyl (C=O) groups excluding carboxylic acids is 2. The molecule has 1 fully saturated rings. The minimum atomic E-state index is -0.487. The van der Waals surface area contributed by atoms with Crippen LogP contribution < -0.4 is 4.90 Å². The number of hydrogen-bond acceptors (Lipinski definition) is 6. The Kier molecular flexibility index (Phi) is 7.53. The van der Waals surface area contributed by atoms with Crippen molar-refractivity contribution in [2.45, 2.75) is 65.3 Å². The SMILES string of the molecule is CCOC(=O)c1cn(-c2ccc(-c3cc4ncccn4n3)cc2)nc1N(C(=O)CC1CCCCC1)C(C)C. The summed E-state index contributed by atoms with van der Waals surface area (Å²) in [6.45, 7) is 5.91. The molecule has 1 saturated carbocycles. The van der Waals surface area contributed by atoms with Crippen LogP contribution in [0.15, 0.2) is 55.0 Å². The lowest BCUT2D eigenvalue weighted by Crippen LogP contribution is -2.39. The number of esters is 1. The standard InChI is InChI=1S/C29H34N6O3/c1-4-38-29(37)24-19-34(32-28(24)35(20(2)3)27(36)17-21-9-6-5-7-10-21)23-13-11-22(12-14-23)25-18-26-30-15-8-16-33(26)31-25/h8,11-16,18-21H,4-7,9-10,17H2,1-3H3. The zero-order valence-corrected chi connectivity index (χ0v) is 22.2. The second kappa shape index (κ2) is 11.2. The summed E-state index contributed by atoms with van der Waals surface area (Å²) in [6.07, 6.45) is 11.4. The van der Waals surface area contributed by atoms with Crippen molar-refractivity contribution in [2.24, 2.45) is 5.92 Å². The van der Waals surface area contributed by atoms with Gasteiger partial charge in [0, 0.05) is 42.7 Å². The molecule has 1 aliphatic rings. The van der Waals surface area contributed by atoms with Crippen molar-refractivity contribution in [1.82, 2.24) is 24.4 Å². The first-order valence-corrected chi connectivity index (χ1v) is 13.4. The lowest BCUT2D eigenvalue weighted by molar-refractivity contribution is -0.120. The van der Waals surface area contributed by atoms with E-state index >= 15 is 0 Å². The molecule has 0 saturated heterocycles. The van der Waals surface area contributed by atoms with Gasteiger partial charge in [-0.2, -0.15) is 5.10 Å². The molecule has 1 amide bonds. The minimum absolute atomic E-state index is 0.00138. The highest BCUT2D eigenvalue weighted by Gasteiger charge is 2.30. The molecule has 9 heteroatoms. The summed E-state index contributed by atoms with van der Waals surface area (Å²) < 4.78 is 8.71. The lowest BCUT2D eigenvalue weighted by atomic mass is 9.86. The van der Waals surface area contributed by atoms with E-state index in [0.29, 0.717) is 18.2 Å². The molecular formula is C29H34N6O3. The Balaban J connectivity index is 1.46. The van der Waals surface area contributed by atoms with Crippen LogP contribution in [0.5, 0.6) is 0 Å². The summed E-state index contributed by atoms with van der Waals surface area (Å²) in [6, 6.07) is 11.4. The lowest BCUT2D eigenvalue weighted by Gasteiger charge is -2.28. The zero-order chi connectivity index (χ0) is 26.6. The van der Waals surface area contributed by atoms with Crippen LogP contribution in [0.2, 0.25) is 0 Å². The first-order chi connectivity index (χ1) is 18.4. The van der Waals surface area contributed by atoms with E-state index in [1.54, 1.807) is 33.4 Å². The van der Waals surface area contributed by atoms with Gasteiger partial charge in [-0.3, -0.25) is 9.69 Å². The van der Waals surface area contributed by atoms with Crippen LogP contribution >= 0.6 is 0 Å². The quantitative estimate of drug-likeness (QED) is 0.289. The largest absolute Gasteiger partial charge is 0.462 e. The molecule has 0 atom stereocenters. The van der Waals surface area contributed by atoms with E-state index in [4.69, 9.17) is 9.84 Å². The first kappa shape index (κ1) is 25.6. The van der Waals surface area contributed by atoms with Gasteiger partial charge < -0.3 is 4.74 Å². The number of carbonyl (C=O) groups is 2. The van der Waals surface area contributed by atoms with E-state index in [1.807, 2.05) is 56.4 Å². The first-order valence-electron chi connectivity index (χ1n) is 13.4. The van der Waals surface area contributed by atoms with E-state index in [9.17, 15) is 9.59 Å². The molecule has 1 aliphatic carbocycles. The Morgan fingerprint density at radius 2 is 1.87 bits per heavy atom. The predicted octanol–water partition coefficient (Wildman–Crippen LogP) is 5.47. The van der Waals surface area contributed by atoms with Gasteiger partial charge in [-0.25, -0.2) is 19.0 Å². The van der Waals surface area contributed by atoms with E-state index < -0.39 is 5.97 Å². The smallest absolute Gasteiger partial charge is 0.343 e. The number of hydrogen-bond donors (Lipinski definition) is 0. The van der Waals surface area contributed by atoms with E-state index in [-0.39, 0.29) is 24.1 Å². The number of rotatable bonds is 8. The molecule has 0 bridgehead atoms. The zero-order valence-electron chi connectivity index (χ0n) is 22.2. The Hall–Kier alpha value is -4.01. The maximum absolute atomic E-state index is 13.5. The third-order valence-electron chi connectivity index (χ3n) is 7.06.